The molecule has 0 aromatic rings. The zero-order valence-electron chi connectivity index (χ0n) is 53.0. The standard InChI is InChI=1S/C55H92N2O41/c1-12-25(65)33(73)37(77)49(85-12)89-18-6-55(54(82)83,98-45(28(68)17(64)7-58)42(18)94-50-38(78)34(74)26(66)13(2)86-50)97-44-30(70)20(9-60)90-52(40(44)80)95-43-24(57-16(5)63)47(81)88-22(31(43)71)11-84-48-23(56-15(4)62)32(72)41(21(10-61)92-48)93-53-46(36(76)29(69)19(8-59)91-53)96-51-39(79)35(75)27(67)14(3)87-51/h12-14,17-53,58-61,64-81H,6-11H2,1-5H3,(H,56,62)(H,57,63)(H,82,83)/t12-,13-,14-,17+,18-,19+,20+,21+,22+,23+,24+,25+,26+,27+,28+,29-,30-,31-,32+,33+,34+,35+,36-,37-,38-,39-,40+,41+,42+,43+,44-,45-,46+,47?,48+,49-,50-,51-,52-,53-,55+/m0/s1. The molecule has 0 spiro atoms. The van der Waals surface area contributed by atoms with Gasteiger partial charge >= 0.3 is 5.97 Å². The predicted octanol–water partition coefficient (Wildman–Crippen LogP) is -15.9. The largest absolute Gasteiger partial charge is 0.477 e. The maximum atomic E-state index is 13.9. The van der Waals surface area contributed by atoms with Crippen LogP contribution in [0.25, 0.3) is 0 Å². The minimum atomic E-state index is -3.50. The molecule has 0 saturated carbocycles. The number of ether oxygens (including phenoxy) is 15. The Kier molecular flexibility index (Phi) is 27.8. The van der Waals surface area contributed by atoms with Crippen molar-refractivity contribution >= 4 is 17.8 Å². The second-order valence-corrected chi connectivity index (χ2v) is 25.3. The van der Waals surface area contributed by atoms with E-state index in [1.54, 1.807) is 0 Å². The van der Waals surface area contributed by atoms with E-state index in [9.17, 15) is 132 Å². The number of hydrogen-bond acceptors (Lipinski definition) is 40. The van der Waals surface area contributed by atoms with Crippen molar-refractivity contribution in [2.75, 3.05) is 33.0 Å². The van der Waals surface area contributed by atoms with E-state index in [4.69, 9.17) is 71.1 Å². The average molecular weight is 1440 g/mol. The molecule has 568 valence electrons. The van der Waals surface area contributed by atoms with Gasteiger partial charge in [0.25, 0.3) is 5.79 Å². The lowest BCUT2D eigenvalue weighted by atomic mass is 9.89. The van der Waals surface area contributed by atoms with E-state index < -0.39 is 308 Å². The molecule has 8 aliphatic heterocycles. The van der Waals surface area contributed by atoms with Crippen LogP contribution in [0.15, 0.2) is 0 Å². The molecule has 41 atom stereocenters. The van der Waals surface area contributed by atoms with E-state index in [1.165, 1.54) is 20.8 Å². The van der Waals surface area contributed by atoms with Crippen LogP contribution in [-0.2, 0) is 85.4 Å². The highest BCUT2D eigenvalue weighted by atomic mass is 16.8. The minimum absolute atomic E-state index is 0.876. The highest BCUT2D eigenvalue weighted by Crippen LogP contribution is 2.43. The summed E-state index contributed by atoms with van der Waals surface area (Å²) in [4.78, 5) is 39.4. The molecule has 43 nitrogen and oxygen atoms in total. The normalized spacial score (nSPS) is 50.2. The van der Waals surface area contributed by atoms with Gasteiger partial charge in [0.1, 0.15) is 177 Å². The molecule has 98 heavy (non-hydrogen) atoms. The van der Waals surface area contributed by atoms with Crippen molar-refractivity contribution in [2.24, 2.45) is 0 Å². The van der Waals surface area contributed by atoms with Crippen LogP contribution < -0.4 is 10.6 Å². The van der Waals surface area contributed by atoms with Crippen LogP contribution >= 0.6 is 0 Å². The summed E-state index contributed by atoms with van der Waals surface area (Å²) in [6.45, 7) is 0.0843. The molecule has 0 aromatic heterocycles. The first-order valence-corrected chi connectivity index (χ1v) is 31.3. The molecule has 0 radical (unpaired) electrons. The summed E-state index contributed by atoms with van der Waals surface area (Å²) in [5.74, 6) is -7.55. The second-order valence-electron chi connectivity index (χ2n) is 25.3. The molecule has 8 aliphatic rings. The van der Waals surface area contributed by atoms with Crippen LogP contribution in [-0.4, -0.2) is 419 Å². The van der Waals surface area contributed by atoms with E-state index in [1.807, 2.05) is 0 Å². The summed E-state index contributed by atoms with van der Waals surface area (Å²) in [5.41, 5.74) is 0. The lowest BCUT2D eigenvalue weighted by Crippen LogP contribution is -2.71. The number of carboxylic acids is 1. The Balaban J connectivity index is 1.06. The lowest BCUT2D eigenvalue weighted by molar-refractivity contribution is -0.408. The molecular formula is C55H92N2O41. The van der Waals surface area contributed by atoms with Gasteiger partial charge in [-0.3, -0.25) is 9.59 Å². The first-order valence-electron chi connectivity index (χ1n) is 31.3. The number of rotatable bonds is 24. The van der Waals surface area contributed by atoms with Crippen LogP contribution in [0.4, 0.5) is 0 Å². The van der Waals surface area contributed by atoms with Gasteiger partial charge in [0, 0.05) is 20.3 Å². The van der Waals surface area contributed by atoms with Crippen molar-refractivity contribution in [3.8, 4) is 0 Å². The number of hydrogen-bond donors (Lipinski definition) is 25. The Labute approximate surface area is 555 Å². The zero-order chi connectivity index (χ0) is 72.6. The molecule has 1 unspecified atom stereocenters. The average Bonchev–Trinajstić information content (AvgIpc) is 0.760. The highest BCUT2D eigenvalue weighted by Gasteiger charge is 2.64. The van der Waals surface area contributed by atoms with Crippen molar-refractivity contribution in [3.05, 3.63) is 0 Å². The summed E-state index contributed by atoms with van der Waals surface area (Å²) in [6, 6.07) is -3.69. The number of aliphatic hydroxyl groups excluding tert-OH is 22. The molecule has 25 N–H and O–H groups in total. The number of amides is 2. The van der Waals surface area contributed by atoms with E-state index in [0.29, 0.717) is 0 Å². The third kappa shape index (κ3) is 17.0. The fraction of sp³-hybridized carbons (Fsp3) is 0.945. The Bertz CT molecular complexity index is 2560. The summed E-state index contributed by atoms with van der Waals surface area (Å²) in [6.07, 6.45) is -78.0. The second kappa shape index (κ2) is 33.8. The summed E-state index contributed by atoms with van der Waals surface area (Å²) >= 11 is 0. The van der Waals surface area contributed by atoms with Crippen LogP contribution in [0, 0.1) is 0 Å². The van der Waals surface area contributed by atoms with Gasteiger partial charge in [-0.05, 0) is 20.8 Å². The van der Waals surface area contributed by atoms with Gasteiger partial charge in [-0.2, -0.15) is 0 Å². The topological polar surface area (TPSA) is 679 Å². The van der Waals surface area contributed by atoms with Gasteiger partial charge in [0.15, 0.2) is 44.0 Å². The number of nitrogens with one attached hydrogen (secondary N) is 2. The van der Waals surface area contributed by atoms with Gasteiger partial charge in [-0.15, -0.1) is 0 Å². The van der Waals surface area contributed by atoms with E-state index >= 15 is 0 Å². The van der Waals surface area contributed by atoms with Crippen molar-refractivity contribution in [1.82, 2.24) is 10.6 Å². The van der Waals surface area contributed by atoms with Crippen LogP contribution in [0.1, 0.15) is 41.0 Å². The van der Waals surface area contributed by atoms with Crippen LogP contribution in [0.5, 0.6) is 0 Å². The van der Waals surface area contributed by atoms with Gasteiger partial charge in [-0.1, -0.05) is 0 Å². The Morgan fingerprint density at radius 2 is 0.878 bits per heavy atom. The molecule has 0 bridgehead atoms. The quantitative estimate of drug-likeness (QED) is 0.0427. The van der Waals surface area contributed by atoms with Gasteiger partial charge in [0.2, 0.25) is 11.8 Å². The molecule has 43 heteroatoms. The Morgan fingerprint density at radius 1 is 0.439 bits per heavy atom. The number of carbonyl (C=O) groups is 3. The van der Waals surface area contributed by atoms with Crippen molar-refractivity contribution < 1.29 is 203 Å². The molecule has 8 fully saturated rings. The van der Waals surface area contributed by atoms with Gasteiger partial charge in [-0.25, -0.2) is 4.79 Å². The summed E-state index contributed by atoms with van der Waals surface area (Å²) in [7, 11) is 0. The monoisotopic (exact) mass is 1440 g/mol. The van der Waals surface area contributed by atoms with Crippen molar-refractivity contribution in [2.45, 2.75) is 292 Å². The first kappa shape index (κ1) is 80.6. The molecular weight excluding hydrogens is 1340 g/mol. The highest BCUT2D eigenvalue weighted by molar-refractivity contribution is 5.76. The predicted molar refractivity (Wildman–Crippen MR) is 301 cm³/mol. The molecule has 8 heterocycles. The number of aliphatic hydroxyl groups is 22. The smallest absolute Gasteiger partial charge is 0.364 e. The Morgan fingerprint density at radius 3 is 1.38 bits per heavy atom. The SMILES string of the molecule is CC(=O)N[C@H]1[C@H](OC[C@H]2OC(O)[C@H](NC(C)=O)[C@@H](O[C@@H]3O[C@H](CO)[C@H](O)[C@H](O[C@]4(C(=O)O)C[C@H](O[C@@H]5O[C@@H](C)[C@@H](O)[C@@H](O)[C@@H]5O)[C@@H](O[C@@H]5O[C@@H](C)[C@@H](O)[C@@H](O)[C@@H]5O)[C@H]([C@H](O)[C@H](O)CO)O4)[C@H]3O)[C@H]2O)O[C@H](CO)[C@@H](O[C@@H]2O[C@H](CO)[C@H](O)[C@H](O)[C@H]2O[C@@H]2O[C@@H](C)[C@@H](O)[C@@H](O)[C@@H]2O)[C@@H]1O. The molecule has 8 saturated heterocycles. The fourth-order valence-electron chi connectivity index (χ4n) is 12.7. The molecule has 0 aliphatic carbocycles. The summed E-state index contributed by atoms with van der Waals surface area (Å²) < 4.78 is 87.4. The first-order chi connectivity index (χ1) is 46.0. The molecule has 2 amide bonds. The zero-order valence-corrected chi connectivity index (χ0v) is 53.0. The Hall–Kier alpha value is -3.07. The lowest BCUT2D eigenvalue weighted by Gasteiger charge is -2.52. The number of carbonyl (C=O) groups excluding carboxylic acids is 2. The third-order valence-electron chi connectivity index (χ3n) is 18.3. The molecule has 0 aromatic carbocycles. The van der Waals surface area contributed by atoms with Crippen molar-refractivity contribution in [3.63, 3.8) is 0 Å². The maximum absolute atomic E-state index is 13.9. The van der Waals surface area contributed by atoms with Gasteiger partial charge in [0.05, 0.1) is 57.5 Å². The maximum Gasteiger partial charge on any atom is 0.364 e. The fourth-order valence-corrected chi connectivity index (χ4v) is 12.7. The number of aliphatic carboxylic acids is 1. The van der Waals surface area contributed by atoms with Crippen molar-refractivity contribution in [1.29, 1.82) is 0 Å². The van der Waals surface area contributed by atoms with Crippen LogP contribution in [0.2, 0.25) is 0 Å². The molecule has 8 rings (SSSR count). The third-order valence-corrected chi connectivity index (χ3v) is 18.3. The van der Waals surface area contributed by atoms with E-state index in [0.717, 1.165) is 13.8 Å². The minimum Gasteiger partial charge on any atom is -0.477 e. The van der Waals surface area contributed by atoms with E-state index in [-0.39, 0.29) is 0 Å². The number of carboxylic acid groups (broad SMARTS) is 1. The summed E-state index contributed by atoms with van der Waals surface area (Å²) in [5, 5.41) is 257. The van der Waals surface area contributed by atoms with Gasteiger partial charge < -0.3 is 199 Å². The van der Waals surface area contributed by atoms with Crippen LogP contribution in [0.3, 0.4) is 0 Å². The van der Waals surface area contributed by atoms with E-state index in [2.05, 4.69) is 10.6 Å².